The maximum absolute atomic E-state index is 11.5. The summed E-state index contributed by atoms with van der Waals surface area (Å²) in [6.45, 7) is 0. The van der Waals surface area contributed by atoms with Crippen molar-refractivity contribution in [1.29, 1.82) is 10.5 Å². The van der Waals surface area contributed by atoms with Gasteiger partial charge in [-0.2, -0.15) is 10.5 Å². The van der Waals surface area contributed by atoms with Crippen LogP contribution in [0.4, 0.5) is 0 Å². The zero-order valence-corrected chi connectivity index (χ0v) is 7.29. The lowest BCUT2D eigenvalue weighted by Crippen LogP contribution is -2.52. The van der Waals surface area contributed by atoms with Gasteiger partial charge in [0.2, 0.25) is 0 Å². The summed E-state index contributed by atoms with van der Waals surface area (Å²) in [7, 11) is 0. The average molecular weight is 174 g/mol. The van der Waals surface area contributed by atoms with Crippen LogP contribution >= 0.6 is 0 Å². The van der Waals surface area contributed by atoms with Gasteiger partial charge in [0.1, 0.15) is 5.78 Å². The highest BCUT2D eigenvalue weighted by Crippen LogP contribution is 2.55. The molecular formula is C10H10N2O. The van der Waals surface area contributed by atoms with Crippen LogP contribution < -0.4 is 0 Å². The number of nitriles is 2. The molecule has 0 amide bonds. The Bertz CT molecular complexity index is 320. The van der Waals surface area contributed by atoms with Crippen LogP contribution in [0.5, 0.6) is 0 Å². The molecule has 2 rings (SSSR count). The van der Waals surface area contributed by atoms with Crippen LogP contribution in [0.1, 0.15) is 25.7 Å². The predicted octanol–water partition coefficient (Wildman–Crippen LogP) is 1.41. The quantitative estimate of drug-likeness (QED) is 0.557. The third-order valence-corrected chi connectivity index (χ3v) is 3.33. The minimum absolute atomic E-state index is 0.130. The topological polar surface area (TPSA) is 64.7 Å². The van der Waals surface area contributed by atoms with Gasteiger partial charge >= 0.3 is 0 Å². The van der Waals surface area contributed by atoms with E-state index in [9.17, 15) is 4.79 Å². The monoisotopic (exact) mass is 174 g/mol. The summed E-state index contributed by atoms with van der Waals surface area (Å²) in [5.74, 6) is 0.183. The summed E-state index contributed by atoms with van der Waals surface area (Å²) in [6.07, 6.45) is 3.12. The molecule has 2 aliphatic carbocycles. The normalized spacial score (nSPS) is 35.1. The van der Waals surface area contributed by atoms with Crippen molar-refractivity contribution in [2.45, 2.75) is 25.7 Å². The Morgan fingerprint density at radius 2 is 2.08 bits per heavy atom. The number of ketones is 1. The third-order valence-electron chi connectivity index (χ3n) is 3.33. The Balaban J connectivity index is 2.27. The van der Waals surface area contributed by atoms with Gasteiger partial charge in [0.15, 0.2) is 5.41 Å². The first-order chi connectivity index (χ1) is 6.23. The largest absolute Gasteiger partial charge is 0.299 e. The van der Waals surface area contributed by atoms with E-state index >= 15 is 0 Å². The van der Waals surface area contributed by atoms with Gasteiger partial charge in [0, 0.05) is 6.42 Å². The van der Waals surface area contributed by atoms with Crippen molar-refractivity contribution in [2.75, 3.05) is 0 Å². The minimum Gasteiger partial charge on any atom is -0.299 e. The van der Waals surface area contributed by atoms with Crippen molar-refractivity contribution < 1.29 is 4.79 Å². The highest BCUT2D eigenvalue weighted by molar-refractivity contribution is 5.85. The fourth-order valence-corrected chi connectivity index (χ4v) is 2.66. The summed E-state index contributed by atoms with van der Waals surface area (Å²) in [6, 6.07) is 4.02. The van der Waals surface area contributed by atoms with Gasteiger partial charge in [-0.1, -0.05) is 0 Å². The van der Waals surface area contributed by atoms with Gasteiger partial charge < -0.3 is 0 Å². The van der Waals surface area contributed by atoms with Crippen LogP contribution in [-0.2, 0) is 4.79 Å². The molecule has 3 heteroatoms. The maximum atomic E-state index is 11.5. The number of nitrogens with zero attached hydrogens (tertiary/aromatic N) is 2. The maximum Gasteiger partial charge on any atom is 0.154 e. The lowest BCUT2D eigenvalue weighted by Gasteiger charge is -2.48. The van der Waals surface area contributed by atoms with E-state index in [0.29, 0.717) is 18.8 Å². The Morgan fingerprint density at radius 1 is 1.38 bits per heavy atom. The van der Waals surface area contributed by atoms with E-state index in [2.05, 4.69) is 0 Å². The van der Waals surface area contributed by atoms with Crippen LogP contribution in [0, 0.1) is 39.9 Å². The highest BCUT2D eigenvalue weighted by Gasteiger charge is 2.59. The predicted molar refractivity (Wildman–Crippen MR) is 44.1 cm³/mol. The number of fused-ring (bicyclic) bond motifs is 1. The molecule has 0 saturated heterocycles. The Morgan fingerprint density at radius 3 is 2.62 bits per heavy atom. The van der Waals surface area contributed by atoms with Crippen LogP contribution in [-0.4, -0.2) is 5.78 Å². The molecule has 0 aromatic heterocycles. The molecule has 13 heavy (non-hydrogen) atoms. The molecule has 0 aromatic carbocycles. The van der Waals surface area contributed by atoms with E-state index in [1.807, 2.05) is 12.1 Å². The SMILES string of the molecule is N#CC1(C#N)CC2CCCC(=O)C21. The zero-order chi connectivity index (χ0) is 9.47. The fourth-order valence-electron chi connectivity index (χ4n) is 2.66. The molecule has 3 nitrogen and oxygen atoms in total. The molecule has 2 aliphatic rings. The van der Waals surface area contributed by atoms with Gasteiger partial charge in [-0.3, -0.25) is 4.79 Å². The number of hydrogen-bond acceptors (Lipinski definition) is 3. The average Bonchev–Trinajstić information content (AvgIpc) is 2.09. The van der Waals surface area contributed by atoms with Gasteiger partial charge in [0.25, 0.3) is 0 Å². The summed E-state index contributed by atoms with van der Waals surface area (Å²) >= 11 is 0. The number of hydrogen-bond donors (Lipinski definition) is 0. The van der Waals surface area contributed by atoms with Gasteiger partial charge in [-0.15, -0.1) is 0 Å². The van der Waals surface area contributed by atoms with Crippen molar-refractivity contribution >= 4 is 5.78 Å². The van der Waals surface area contributed by atoms with E-state index < -0.39 is 5.41 Å². The fraction of sp³-hybridized carbons (Fsp3) is 0.700. The van der Waals surface area contributed by atoms with Crippen molar-refractivity contribution in [1.82, 2.24) is 0 Å². The van der Waals surface area contributed by atoms with Crippen molar-refractivity contribution in [3.8, 4) is 12.1 Å². The second-order valence-electron chi connectivity index (χ2n) is 4.00. The van der Waals surface area contributed by atoms with E-state index in [1.54, 1.807) is 0 Å². The molecule has 0 spiro atoms. The second kappa shape index (κ2) is 2.57. The second-order valence-corrected chi connectivity index (χ2v) is 4.00. The molecule has 0 aromatic rings. The standard InChI is InChI=1S/C10H10N2O/c11-5-10(6-12)4-7-2-1-3-8(13)9(7)10/h7,9H,1-4H2. The third kappa shape index (κ3) is 0.906. The molecular weight excluding hydrogens is 164 g/mol. The van der Waals surface area contributed by atoms with Crippen molar-refractivity contribution in [2.24, 2.45) is 17.3 Å². The van der Waals surface area contributed by atoms with E-state index in [-0.39, 0.29) is 11.7 Å². The summed E-state index contributed by atoms with van der Waals surface area (Å²) in [5, 5.41) is 17.7. The molecule has 0 aliphatic heterocycles. The Labute approximate surface area is 77.0 Å². The minimum atomic E-state index is -0.970. The lowest BCUT2D eigenvalue weighted by atomic mass is 9.50. The van der Waals surface area contributed by atoms with E-state index in [4.69, 9.17) is 10.5 Å². The molecule has 2 saturated carbocycles. The number of carbonyl (C=O) groups excluding carboxylic acids is 1. The summed E-state index contributed by atoms with van der Waals surface area (Å²) < 4.78 is 0. The van der Waals surface area contributed by atoms with Crippen LogP contribution in [0.15, 0.2) is 0 Å². The van der Waals surface area contributed by atoms with Crippen LogP contribution in [0.2, 0.25) is 0 Å². The molecule has 2 atom stereocenters. The Kier molecular flexibility index (Phi) is 1.63. The van der Waals surface area contributed by atoms with E-state index in [1.165, 1.54) is 0 Å². The molecule has 2 unspecified atom stereocenters. The summed E-state index contributed by atoms with van der Waals surface area (Å²) in [5.41, 5.74) is -0.970. The smallest absolute Gasteiger partial charge is 0.154 e. The lowest BCUT2D eigenvalue weighted by molar-refractivity contribution is -0.137. The molecule has 0 N–H and O–H groups in total. The Hall–Kier alpha value is -1.35. The van der Waals surface area contributed by atoms with E-state index in [0.717, 1.165) is 12.8 Å². The van der Waals surface area contributed by atoms with Crippen molar-refractivity contribution in [3.05, 3.63) is 0 Å². The highest BCUT2D eigenvalue weighted by atomic mass is 16.1. The zero-order valence-electron chi connectivity index (χ0n) is 7.29. The molecule has 0 bridgehead atoms. The number of Topliss-reactive ketones (excluding diaryl/α,β-unsaturated/α-hetero) is 1. The van der Waals surface area contributed by atoms with Crippen molar-refractivity contribution in [3.63, 3.8) is 0 Å². The molecule has 2 fully saturated rings. The molecule has 0 radical (unpaired) electrons. The first kappa shape index (κ1) is 8.26. The number of carbonyl (C=O) groups is 1. The number of rotatable bonds is 0. The first-order valence-corrected chi connectivity index (χ1v) is 4.59. The van der Waals surface area contributed by atoms with Gasteiger partial charge in [-0.05, 0) is 25.2 Å². The van der Waals surface area contributed by atoms with Gasteiger partial charge in [0.05, 0.1) is 18.1 Å². The molecule has 66 valence electrons. The first-order valence-electron chi connectivity index (χ1n) is 4.59. The van der Waals surface area contributed by atoms with Gasteiger partial charge in [-0.25, -0.2) is 0 Å². The van der Waals surface area contributed by atoms with Crippen LogP contribution in [0.3, 0.4) is 0 Å². The molecule has 0 heterocycles. The summed E-state index contributed by atoms with van der Waals surface area (Å²) in [4.78, 5) is 11.5. The van der Waals surface area contributed by atoms with Crippen LogP contribution in [0.25, 0.3) is 0 Å².